The fourth-order valence-corrected chi connectivity index (χ4v) is 2.09. The first-order valence-electron chi connectivity index (χ1n) is 2.94. The summed E-state index contributed by atoms with van der Waals surface area (Å²) >= 11 is 0. The van der Waals surface area contributed by atoms with Crippen LogP contribution in [0.2, 0.25) is 0 Å². The predicted octanol–water partition coefficient (Wildman–Crippen LogP) is 1.57. The second-order valence-corrected chi connectivity index (χ2v) is 3.90. The Morgan fingerprint density at radius 2 is 2.00 bits per heavy atom. The molecule has 0 aliphatic carbocycles. The van der Waals surface area contributed by atoms with E-state index in [0.717, 1.165) is 0 Å². The third kappa shape index (κ3) is 1.60. The molecule has 1 aliphatic rings. The molecule has 0 aromatic rings. The Morgan fingerprint density at radius 3 is 2.44 bits per heavy atom. The zero-order chi connectivity index (χ0) is 6.69. The van der Waals surface area contributed by atoms with Crippen molar-refractivity contribution in [1.29, 1.82) is 0 Å². The van der Waals surface area contributed by atoms with Crippen molar-refractivity contribution in [3.8, 4) is 0 Å². The summed E-state index contributed by atoms with van der Waals surface area (Å²) in [6, 6.07) is 0. The van der Waals surface area contributed by atoms with Crippen molar-refractivity contribution in [2.75, 3.05) is 0 Å². The maximum atomic E-state index is 9.23. The Bertz CT molecular complexity index is 128. The van der Waals surface area contributed by atoms with Crippen LogP contribution in [-0.4, -0.2) is 10.5 Å². The lowest BCUT2D eigenvalue weighted by molar-refractivity contribution is 0.294. The topological polar surface area (TPSA) is 20.2 Å². The van der Waals surface area contributed by atoms with Gasteiger partial charge in [0.2, 0.25) is 0 Å². The van der Waals surface area contributed by atoms with Crippen LogP contribution in [0.5, 0.6) is 0 Å². The molecule has 0 bridgehead atoms. The molecule has 0 aromatic heterocycles. The largest absolute Gasteiger partial charge is 0.383 e. The van der Waals surface area contributed by atoms with Crippen molar-refractivity contribution in [3.63, 3.8) is 0 Å². The van der Waals surface area contributed by atoms with E-state index in [4.69, 9.17) is 0 Å². The third-order valence-corrected chi connectivity index (χ3v) is 3.17. The lowest BCUT2D eigenvalue weighted by atomic mass is 10.5. The Labute approximate surface area is 58.4 Å². The first-order valence-corrected chi connectivity index (χ1v) is 4.49. The average molecular weight is 143 g/mol. The Kier molecular flexibility index (Phi) is 2.37. The summed E-state index contributed by atoms with van der Waals surface area (Å²) in [4.78, 5) is 0. The molecule has 0 fully saturated rings. The molecule has 1 N–H and O–H groups in total. The van der Waals surface area contributed by atoms with Crippen molar-refractivity contribution in [3.05, 3.63) is 29.4 Å². The quantitative estimate of drug-likeness (QED) is 0.562. The molecular formula is C7H11OS. The molecule has 2 heteroatoms. The highest BCUT2D eigenvalue weighted by atomic mass is 32.2. The summed E-state index contributed by atoms with van der Waals surface area (Å²) < 4.78 is 0. The van der Waals surface area contributed by atoms with Crippen molar-refractivity contribution in [2.45, 2.75) is 12.4 Å². The summed E-state index contributed by atoms with van der Waals surface area (Å²) in [5, 5.41) is 13.3. The van der Waals surface area contributed by atoms with E-state index in [1.54, 1.807) is 0 Å². The molecule has 9 heavy (non-hydrogen) atoms. The first-order chi connectivity index (χ1) is 4.34. The maximum absolute atomic E-state index is 9.23. The second kappa shape index (κ2) is 3.08. The van der Waals surface area contributed by atoms with E-state index in [-0.39, 0.29) is 16.3 Å². The summed E-state index contributed by atoms with van der Waals surface area (Å²) in [6.07, 6.45) is 5.79. The van der Waals surface area contributed by atoms with Crippen LogP contribution in [0.25, 0.3) is 0 Å². The Hall–Kier alpha value is -0.210. The second-order valence-electron chi connectivity index (χ2n) is 1.88. The van der Waals surface area contributed by atoms with E-state index < -0.39 is 0 Å². The Morgan fingerprint density at radius 1 is 1.44 bits per heavy atom. The van der Waals surface area contributed by atoms with Crippen molar-refractivity contribution >= 4 is 10.9 Å². The van der Waals surface area contributed by atoms with E-state index in [9.17, 15) is 5.11 Å². The van der Waals surface area contributed by atoms with Crippen molar-refractivity contribution < 1.29 is 5.11 Å². The van der Waals surface area contributed by atoms with Gasteiger partial charge in [-0.25, -0.2) is 0 Å². The zero-order valence-corrected chi connectivity index (χ0v) is 6.25. The molecule has 0 amide bonds. The molecule has 0 aromatic carbocycles. The molecule has 1 rings (SSSR count). The minimum absolute atomic E-state index is 0.241. The monoisotopic (exact) mass is 143 g/mol. The minimum atomic E-state index is -0.368. The fourth-order valence-electron chi connectivity index (χ4n) is 0.696. The lowest BCUT2D eigenvalue weighted by Crippen LogP contribution is -2.01. The molecule has 1 aliphatic heterocycles. The van der Waals surface area contributed by atoms with Gasteiger partial charge in [0.05, 0.1) is 5.44 Å². The molecule has 1 radical (unpaired) electrons. The van der Waals surface area contributed by atoms with E-state index in [1.165, 1.54) is 0 Å². The van der Waals surface area contributed by atoms with Crippen LogP contribution < -0.4 is 0 Å². The molecule has 51 valence electrons. The first kappa shape index (κ1) is 6.90. The number of allylic oxidation sites excluding steroid dienone is 2. The van der Waals surface area contributed by atoms with Gasteiger partial charge in [0, 0.05) is 0 Å². The highest BCUT2D eigenvalue weighted by Crippen LogP contribution is 2.37. The minimum Gasteiger partial charge on any atom is -0.383 e. The number of aliphatic hydroxyl groups is 1. The van der Waals surface area contributed by atoms with Gasteiger partial charge >= 0.3 is 0 Å². The van der Waals surface area contributed by atoms with Gasteiger partial charge in [-0.1, -0.05) is 19.1 Å². The predicted molar refractivity (Wildman–Crippen MR) is 43.2 cm³/mol. The van der Waals surface area contributed by atoms with Crippen LogP contribution in [0.1, 0.15) is 6.92 Å². The normalized spacial score (nSPS) is 23.1. The number of rotatable bonds is 2. The van der Waals surface area contributed by atoms with Gasteiger partial charge in [-0.15, -0.1) is 0 Å². The summed E-state index contributed by atoms with van der Waals surface area (Å²) in [6.45, 7) is 1.88. The van der Waals surface area contributed by atoms with E-state index in [1.807, 2.05) is 25.5 Å². The molecule has 1 atom stereocenters. The van der Waals surface area contributed by atoms with E-state index in [0.29, 0.717) is 0 Å². The van der Waals surface area contributed by atoms with Gasteiger partial charge in [0.15, 0.2) is 0 Å². The number of hydrogen-bond acceptors (Lipinski definition) is 1. The molecule has 1 nitrogen and oxygen atoms in total. The molecule has 1 heterocycles. The summed E-state index contributed by atoms with van der Waals surface area (Å²) in [7, 11) is -0.368. The van der Waals surface area contributed by atoms with E-state index in [2.05, 4.69) is 10.8 Å². The van der Waals surface area contributed by atoms with Gasteiger partial charge in [0.25, 0.3) is 0 Å². The smallest absolute Gasteiger partial charge is 0.0912 e. The lowest BCUT2D eigenvalue weighted by Gasteiger charge is -2.15. The van der Waals surface area contributed by atoms with Gasteiger partial charge in [0.1, 0.15) is 0 Å². The van der Waals surface area contributed by atoms with Crippen LogP contribution in [-0.2, 0) is 0 Å². The van der Waals surface area contributed by atoms with Gasteiger partial charge in [-0.3, -0.25) is 0 Å². The van der Waals surface area contributed by atoms with Gasteiger partial charge in [-0.2, -0.15) is 10.9 Å². The number of hydrogen-bond donors (Lipinski definition) is 2. The van der Waals surface area contributed by atoms with Crippen LogP contribution >= 0.6 is 10.9 Å². The van der Waals surface area contributed by atoms with Gasteiger partial charge < -0.3 is 5.11 Å². The van der Waals surface area contributed by atoms with Crippen LogP contribution in [0.3, 0.4) is 0 Å². The van der Waals surface area contributed by atoms with Crippen molar-refractivity contribution in [1.82, 2.24) is 0 Å². The SMILES string of the molecule is C[CH]C(O)[SH]1C=CC=C1. The van der Waals surface area contributed by atoms with Crippen molar-refractivity contribution in [2.24, 2.45) is 0 Å². The highest BCUT2D eigenvalue weighted by Gasteiger charge is 2.07. The average Bonchev–Trinajstić information content (AvgIpc) is 2.37. The number of aliphatic hydroxyl groups excluding tert-OH is 1. The third-order valence-electron chi connectivity index (χ3n) is 1.23. The zero-order valence-electron chi connectivity index (χ0n) is 5.36. The molecule has 0 spiro atoms. The molecule has 1 unspecified atom stereocenters. The molecule has 0 saturated heterocycles. The number of thiol groups is 1. The molecular weight excluding hydrogens is 132 g/mol. The van der Waals surface area contributed by atoms with Crippen LogP contribution in [0, 0.1) is 6.42 Å². The van der Waals surface area contributed by atoms with Crippen LogP contribution in [0.4, 0.5) is 0 Å². The van der Waals surface area contributed by atoms with Gasteiger partial charge in [-0.05, 0) is 17.2 Å². The standard InChI is InChI=1S/C7H11OS/c1-2-7(8)9-5-3-4-6-9/h2-9H,1H3. The Balaban J connectivity index is 2.43. The summed E-state index contributed by atoms with van der Waals surface area (Å²) in [5.41, 5.74) is -0.241. The fraction of sp³-hybridized carbons (Fsp3) is 0.286. The maximum Gasteiger partial charge on any atom is 0.0912 e. The van der Waals surface area contributed by atoms with E-state index >= 15 is 0 Å². The van der Waals surface area contributed by atoms with Crippen LogP contribution in [0.15, 0.2) is 23.0 Å². The molecule has 0 saturated carbocycles. The highest BCUT2D eigenvalue weighted by molar-refractivity contribution is 8.22. The summed E-state index contributed by atoms with van der Waals surface area (Å²) in [5.74, 6) is 0.